The van der Waals surface area contributed by atoms with Crippen LogP contribution in [0.5, 0.6) is 40.2 Å². The summed E-state index contributed by atoms with van der Waals surface area (Å²) in [4.78, 5) is 54.2. The van der Waals surface area contributed by atoms with Crippen LogP contribution in [0, 0.1) is 26.7 Å². The minimum Gasteiger partial charge on any atom is -0.490 e. The van der Waals surface area contributed by atoms with Gasteiger partial charge in [-0.15, -0.1) is 0 Å². The Balaban J connectivity index is 0.000000174. The molecule has 1 aliphatic heterocycles. The number of benzene rings is 13. The van der Waals surface area contributed by atoms with E-state index in [-0.39, 0.29) is 37.1 Å². The number of anilines is 6. The van der Waals surface area contributed by atoms with Crippen LogP contribution in [0.1, 0.15) is 125 Å². The lowest BCUT2D eigenvalue weighted by Crippen LogP contribution is -2.33. The molecule has 0 spiro atoms. The van der Waals surface area contributed by atoms with Crippen LogP contribution in [0.3, 0.4) is 0 Å². The molecule has 15 rings (SSSR count). The first-order chi connectivity index (χ1) is 66.0. The van der Waals surface area contributed by atoms with Crippen molar-refractivity contribution in [1.82, 2.24) is 5.32 Å². The highest BCUT2D eigenvalue weighted by atomic mass is 32.2. The van der Waals surface area contributed by atoms with Crippen LogP contribution in [-0.2, 0) is 117 Å². The molecule has 24 nitrogen and oxygen atoms in total. The fraction of sp³-hybridized carbons (Fsp3) is 0.255. The summed E-state index contributed by atoms with van der Waals surface area (Å²) < 4.78 is 114. The number of hydrogen-bond donors (Lipinski definition) is 5. The van der Waals surface area contributed by atoms with E-state index in [1.165, 1.54) is 0 Å². The third-order valence-corrected chi connectivity index (χ3v) is 25.1. The van der Waals surface area contributed by atoms with Gasteiger partial charge in [0, 0.05) is 75.2 Å². The molecule has 27 heteroatoms. The monoisotopic (exact) mass is 1900 g/mol. The molecule has 13 aromatic rings. The van der Waals surface area contributed by atoms with E-state index >= 15 is 0 Å². The van der Waals surface area contributed by atoms with Crippen LogP contribution >= 0.6 is 0 Å². The first kappa shape index (κ1) is 100. The minimum absolute atomic E-state index is 0.00505. The Kier molecular flexibility index (Phi) is 35.7. The van der Waals surface area contributed by atoms with Gasteiger partial charge in [0.15, 0.2) is 0 Å². The number of nitrogens with one attached hydrogen (secondary N) is 4. The maximum Gasteiger partial charge on any atom is 0.330 e. The Morgan fingerprint density at radius 3 is 1.05 bits per heavy atom. The largest absolute Gasteiger partial charge is 0.490 e. The maximum atomic E-state index is 12.2. The van der Waals surface area contributed by atoms with E-state index < -0.39 is 48.0 Å². The van der Waals surface area contributed by atoms with Crippen LogP contribution < -0.4 is 53.1 Å². The number of ether oxygens (including phenoxy) is 6. The van der Waals surface area contributed by atoms with E-state index in [0.29, 0.717) is 142 Å². The van der Waals surface area contributed by atoms with Crippen LogP contribution in [-0.4, -0.2) is 91.7 Å². The Morgan fingerprint density at radius 1 is 0.358 bits per heavy atom. The average Bonchev–Trinajstić information content (AvgIpc) is 1.43. The van der Waals surface area contributed by atoms with Crippen molar-refractivity contribution in [3.05, 3.63) is 388 Å². The zero-order chi connectivity index (χ0) is 96.7. The van der Waals surface area contributed by atoms with E-state index in [2.05, 4.69) is 70.6 Å². The first-order valence-corrected chi connectivity index (χ1v) is 51.4. The third-order valence-electron chi connectivity index (χ3n) is 23.3. The lowest BCUT2D eigenvalue weighted by atomic mass is 9.87. The number of sulfonamides is 3. The van der Waals surface area contributed by atoms with Gasteiger partial charge in [-0.3, -0.25) is 28.5 Å². The van der Waals surface area contributed by atoms with Gasteiger partial charge in [-0.1, -0.05) is 206 Å². The SMILES string of the molecule is Cc1c(NS(C)(=O)=O)cccc1N(Cc1ccccc1)Cc1ccc(Oc2ccc(CCC(=O)OCc3ccccc3)cc2)cc1.Cc1c(NS(C)(=O)=O)cccc1N(Cc1ccccc1)Cc1ccc(Oc2ccc(CCCC(=O)OC(=O)[C@@H]3CCCN3)cc2)cc1.Cc1c(NS(C)(=O)=O)cccc1N(Cc1ccccc1)Cc1ccc(Oc2cccc(OC3CCC(C(=O)O)CC3)c2)cc1. The van der Waals surface area contributed by atoms with E-state index in [1.807, 2.05) is 288 Å². The van der Waals surface area contributed by atoms with Crippen molar-refractivity contribution in [1.29, 1.82) is 0 Å². The molecule has 1 saturated heterocycles. The number of carboxylic acid groups (broad SMARTS) is 1. The van der Waals surface area contributed by atoms with Crippen LogP contribution in [0.15, 0.2) is 322 Å². The van der Waals surface area contributed by atoms with Crippen molar-refractivity contribution in [3.8, 4) is 40.2 Å². The van der Waals surface area contributed by atoms with E-state index in [4.69, 9.17) is 28.4 Å². The van der Waals surface area contributed by atoms with Gasteiger partial charge in [-0.05, 0) is 261 Å². The minimum atomic E-state index is -3.42. The summed E-state index contributed by atoms with van der Waals surface area (Å²) in [6.45, 7) is 10.6. The van der Waals surface area contributed by atoms with Gasteiger partial charge in [-0.2, -0.15) is 0 Å². The van der Waals surface area contributed by atoms with E-state index in [1.54, 1.807) is 18.2 Å². The van der Waals surface area contributed by atoms with Crippen molar-refractivity contribution in [2.24, 2.45) is 5.92 Å². The Bertz CT molecular complexity index is 6500. The van der Waals surface area contributed by atoms with Gasteiger partial charge >= 0.3 is 23.9 Å². The Hall–Kier alpha value is -14.3. The lowest BCUT2D eigenvalue weighted by Gasteiger charge is -2.28. The zero-order valence-electron chi connectivity index (χ0n) is 77.8. The number of aliphatic carboxylic acids is 1. The third kappa shape index (κ3) is 32.5. The zero-order valence-corrected chi connectivity index (χ0v) is 80.3. The highest BCUT2D eigenvalue weighted by molar-refractivity contribution is 7.92. The summed E-state index contributed by atoms with van der Waals surface area (Å²) in [5.41, 5.74) is 16.8. The second kappa shape index (κ2) is 48.8. The predicted molar refractivity (Wildman–Crippen MR) is 540 cm³/mol. The number of rotatable bonds is 40. The van der Waals surface area contributed by atoms with Gasteiger partial charge in [-0.25, -0.2) is 30.0 Å². The molecule has 2 fully saturated rings. The van der Waals surface area contributed by atoms with Crippen molar-refractivity contribution < 1.29 is 78.0 Å². The molecule has 2 aliphatic rings. The molecule has 0 bridgehead atoms. The maximum absolute atomic E-state index is 12.2. The van der Waals surface area contributed by atoms with Crippen LogP contribution in [0.2, 0.25) is 0 Å². The Morgan fingerprint density at radius 2 is 0.693 bits per heavy atom. The van der Waals surface area contributed by atoms with Crippen molar-refractivity contribution in [2.75, 3.05) is 54.2 Å². The van der Waals surface area contributed by atoms with Crippen molar-refractivity contribution >= 4 is 88.1 Å². The molecule has 1 atom stereocenters. The van der Waals surface area contributed by atoms with Crippen molar-refractivity contribution in [2.45, 2.75) is 149 Å². The second-order valence-corrected chi connectivity index (χ2v) is 39.6. The molecule has 712 valence electrons. The Labute approximate surface area is 804 Å². The highest BCUT2D eigenvalue weighted by Crippen LogP contribution is 2.38. The second-order valence-electron chi connectivity index (χ2n) is 34.4. The van der Waals surface area contributed by atoms with Crippen LogP contribution in [0.25, 0.3) is 0 Å². The van der Waals surface area contributed by atoms with Gasteiger partial charge < -0.3 is 53.5 Å². The number of esters is 3. The summed E-state index contributed by atoms with van der Waals surface area (Å²) in [5, 5.41) is 12.3. The molecule has 13 aromatic carbocycles. The van der Waals surface area contributed by atoms with Gasteiger partial charge in [0.25, 0.3) is 0 Å². The topological polar surface area (TPSA) is 304 Å². The fourth-order valence-corrected chi connectivity index (χ4v) is 18.1. The summed E-state index contributed by atoms with van der Waals surface area (Å²) in [6.07, 6.45) is 10.2. The number of aryl methyl sites for hydroxylation is 2. The summed E-state index contributed by atoms with van der Waals surface area (Å²) in [7, 11) is -10.2. The normalized spacial score (nSPS) is 14.0. The average molecular weight is 1910 g/mol. The quantitative estimate of drug-likeness (QED) is 0.0176. The number of carbonyl (C=O) groups is 4. The number of hydrogen-bond acceptors (Lipinski definition) is 20. The first-order valence-electron chi connectivity index (χ1n) is 45.7. The fourth-order valence-electron chi connectivity index (χ4n) is 16.3. The molecule has 1 saturated carbocycles. The molecule has 5 N–H and O–H groups in total. The molecular formula is C110H117N7O17S3. The molecule has 0 amide bonds. The number of nitrogens with zero attached hydrogens (tertiary/aromatic N) is 3. The standard InChI is InChI=1S/C38H38N2O5S.C37H41N3O6S.C35H38N2O6S/c1-29-36(39-46(2,42)43)14-9-15-37(29)40(26-31-10-5-3-6-11-31)27-32-18-23-35(24-19-32)45-34-21-16-30(17-22-34)20-25-38(41)44-28-33-12-7-4-8-13-33;1-27-33(39-47(2,43)44)12-7-14-35(27)40(25-29-9-4-3-5-10-29)26-30-18-22-32(23-19-30)45-31-20-16-28(17-21-31)11-6-15-36(41)46-37(42)34-13-8-24-38-34;1-25-33(36-44(2,40)41)12-7-13-34(25)37(23-26-8-4-3-5-9-26)24-27-14-18-29(19-15-27)42-31-10-6-11-32(22-31)43-30-20-16-28(17-21-30)35(38)39/h3-19,21-24,39H,20,25-28H2,1-2H3;3-5,7,9-10,12,14,16-23,34,38-39H,6,8,11,13,15,24-26H2,1-2H3;3-15,18-19,22,28,30,36H,16-17,20-21,23-24H2,1-2H3,(H,38,39)/t;34-;/m.0./s1. The molecular weight excluding hydrogens is 1790 g/mol. The molecule has 0 unspecified atom stereocenters. The number of carboxylic acids is 1. The van der Waals surface area contributed by atoms with Crippen molar-refractivity contribution in [3.63, 3.8) is 0 Å². The predicted octanol–water partition coefficient (Wildman–Crippen LogP) is 21.9. The molecule has 1 aliphatic carbocycles. The smallest absolute Gasteiger partial charge is 0.330 e. The summed E-state index contributed by atoms with van der Waals surface area (Å²) >= 11 is 0. The van der Waals surface area contributed by atoms with Gasteiger partial charge in [0.2, 0.25) is 30.1 Å². The van der Waals surface area contributed by atoms with E-state index in [0.717, 1.165) is 128 Å². The van der Waals surface area contributed by atoms with Gasteiger partial charge in [0.1, 0.15) is 52.9 Å². The molecule has 0 radical (unpaired) electrons. The summed E-state index contributed by atoms with van der Waals surface area (Å²) in [6, 6.07) is 104. The molecule has 0 aromatic heterocycles. The van der Waals surface area contributed by atoms with Crippen LogP contribution in [0.4, 0.5) is 34.1 Å². The molecule has 1 heterocycles. The van der Waals surface area contributed by atoms with Gasteiger partial charge in [0.05, 0.1) is 47.9 Å². The van der Waals surface area contributed by atoms with E-state index in [9.17, 15) is 49.5 Å². The number of carbonyl (C=O) groups excluding carboxylic acids is 3. The highest BCUT2D eigenvalue weighted by Gasteiger charge is 2.29. The molecule has 137 heavy (non-hydrogen) atoms. The lowest BCUT2D eigenvalue weighted by molar-refractivity contribution is -0.161. The summed E-state index contributed by atoms with van der Waals surface area (Å²) in [5.74, 6) is 2.71.